The van der Waals surface area contributed by atoms with Gasteiger partial charge in [0.15, 0.2) is 11.6 Å². The molecule has 1 amide bonds. The molecule has 2 aromatic heterocycles. The molecular formula is C20H26N6O. The van der Waals surface area contributed by atoms with E-state index in [1.165, 1.54) is 19.3 Å². The third kappa shape index (κ3) is 3.86. The highest BCUT2D eigenvalue weighted by Crippen LogP contribution is 2.23. The summed E-state index contributed by atoms with van der Waals surface area (Å²) in [6.07, 6.45) is 7.05. The molecule has 2 aliphatic heterocycles. The molecule has 4 heterocycles. The van der Waals surface area contributed by atoms with E-state index in [1.807, 2.05) is 11.0 Å². The van der Waals surface area contributed by atoms with Crippen LogP contribution in [0.15, 0.2) is 36.7 Å². The summed E-state index contributed by atoms with van der Waals surface area (Å²) in [6.45, 7) is 6.21. The lowest BCUT2D eigenvalue weighted by Crippen LogP contribution is -2.49. The first-order valence-electron chi connectivity index (χ1n) is 9.77. The zero-order valence-corrected chi connectivity index (χ0v) is 15.8. The van der Waals surface area contributed by atoms with Crippen molar-refractivity contribution in [1.29, 1.82) is 0 Å². The maximum absolute atomic E-state index is 12.5. The Balaban J connectivity index is 1.36. The fourth-order valence-electron chi connectivity index (χ4n) is 3.89. The molecule has 7 nitrogen and oxygen atoms in total. The van der Waals surface area contributed by atoms with Crippen molar-refractivity contribution in [2.24, 2.45) is 0 Å². The summed E-state index contributed by atoms with van der Waals surface area (Å²) in [7, 11) is 0. The lowest BCUT2D eigenvalue weighted by Gasteiger charge is -2.36. The minimum Gasteiger partial charge on any atom is -0.352 e. The van der Waals surface area contributed by atoms with Crippen LogP contribution in [0.2, 0.25) is 0 Å². The number of nitrogens with zero attached hydrogens (tertiary/aromatic N) is 6. The third-order valence-electron chi connectivity index (χ3n) is 5.53. The molecule has 0 radical (unpaired) electrons. The Morgan fingerprint density at radius 3 is 2.44 bits per heavy atom. The second-order valence-corrected chi connectivity index (χ2v) is 7.31. The highest BCUT2D eigenvalue weighted by atomic mass is 16.2. The number of anilines is 2. The number of aromatic nitrogens is 3. The van der Waals surface area contributed by atoms with Gasteiger partial charge in [-0.2, -0.15) is 0 Å². The standard InChI is InChI=1S/C20H26N6O/c1-16-5-2-3-10-26(16)19-8-7-18(22-23-19)24-11-13-25(14-12-24)20(27)17-6-4-9-21-15-17/h4,6-9,15-16H,2-3,5,10-14H2,1H3. The fraction of sp³-hybridized carbons (Fsp3) is 0.500. The number of hydrogen-bond acceptors (Lipinski definition) is 6. The Hall–Kier alpha value is -2.70. The number of hydrogen-bond donors (Lipinski definition) is 0. The molecule has 1 unspecified atom stereocenters. The van der Waals surface area contributed by atoms with Gasteiger partial charge in [-0.25, -0.2) is 0 Å². The van der Waals surface area contributed by atoms with Gasteiger partial charge in [0.2, 0.25) is 0 Å². The minimum atomic E-state index is 0.0447. The van der Waals surface area contributed by atoms with Gasteiger partial charge in [-0.1, -0.05) is 0 Å². The highest BCUT2D eigenvalue weighted by Gasteiger charge is 2.24. The molecule has 4 rings (SSSR count). The third-order valence-corrected chi connectivity index (χ3v) is 5.53. The zero-order valence-electron chi connectivity index (χ0n) is 15.8. The van der Waals surface area contributed by atoms with E-state index in [-0.39, 0.29) is 5.91 Å². The van der Waals surface area contributed by atoms with Crippen LogP contribution < -0.4 is 9.80 Å². The van der Waals surface area contributed by atoms with E-state index in [9.17, 15) is 4.79 Å². The largest absolute Gasteiger partial charge is 0.352 e. The number of pyridine rings is 1. The fourth-order valence-corrected chi connectivity index (χ4v) is 3.89. The van der Waals surface area contributed by atoms with E-state index < -0.39 is 0 Å². The van der Waals surface area contributed by atoms with Crippen LogP contribution >= 0.6 is 0 Å². The number of carbonyl (C=O) groups excluding carboxylic acids is 1. The van der Waals surface area contributed by atoms with Crippen molar-refractivity contribution in [3.8, 4) is 0 Å². The quantitative estimate of drug-likeness (QED) is 0.830. The molecule has 2 aliphatic rings. The molecule has 0 aromatic carbocycles. The van der Waals surface area contributed by atoms with Crippen LogP contribution in [0.5, 0.6) is 0 Å². The average molecular weight is 366 g/mol. The SMILES string of the molecule is CC1CCCCN1c1ccc(N2CCN(C(=O)c3cccnc3)CC2)nn1. The monoisotopic (exact) mass is 366 g/mol. The van der Waals surface area contributed by atoms with Crippen LogP contribution in [0, 0.1) is 0 Å². The number of piperidine rings is 1. The summed E-state index contributed by atoms with van der Waals surface area (Å²) >= 11 is 0. The average Bonchev–Trinajstić information content (AvgIpc) is 2.74. The smallest absolute Gasteiger partial charge is 0.255 e. The lowest BCUT2D eigenvalue weighted by molar-refractivity contribution is 0.0746. The van der Waals surface area contributed by atoms with E-state index in [1.54, 1.807) is 18.5 Å². The first kappa shape index (κ1) is 17.7. The number of rotatable bonds is 3. The van der Waals surface area contributed by atoms with Gasteiger partial charge in [0, 0.05) is 51.2 Å². The minimum absolute atomic E-state index is 0.0447. The van der Waals surface area contributed by atoms with Crippen molar-refractivity contribution < 1.29 is 4.79 Å². The van der Waals surface area contributed by atoms with Crippen molar-refractivity contribution in [1.82, 2.24) is 20.1 Å². The van der Waals surface area contributed by atoms with Gasteiger partial charge in [0.25, 0.3) is 5.91 Å². The molecule has 0 N–H and O–H groups in total. The summed E-state index contributed by atoms with van der Waals surface area (Å²) in [5.41, 5.74) is 0.644. The highest BCUT2D eigenvalue weighted by molar-refractivity contribution is 5.94. The summed E-state index contributed by atoms with van der Waals surface area (Å²) < 4.78 is 0. The topological polar surface area (TPSA) is 65.5 Å². The molecule has 2 saturated heterocycles. The lowest BCUT2D eigenvalue weighted by atomic mass is 10.0. The second-order valence-electron chi connectivity index (χ2n) is 7.31. The molecule has 2 fully saturated rings. The van der Waals surface area contributed by atoms with Gasteiger partial charge in [0.05, 0.1) is 5.56 Å². The van der Waals surface area contributed by atoms with E-state index in [0.29, 0.717) is 24.7 Å². The van der Waals surface area contributed by atoms with E-state index >= 15 is 0 Å². The summed E-state index contributed by atoms with van der Waals surface area (Å²) in [4.78, 5) is 23.0. The molecule has 7 heteroatoms. The van der Waals surface area contributed by atoms with Crippen molar-refractivity contribution in [3.63, 3.8) is 0 Å². The molecule has 0 bridgehead atoms. The van der Waals surface area contributed by atoms with Crippen molar-refractivity contribution >= 4 is 17.5 Å². The van der Waals surface area contributed by atoms with Gasteiger partial charge in [0.1, 0.15) is 0 Å². The van der Waals surface area contributed by atoms with Gasteiger partial charge in [-0.3, -0.25) is 9.78 Å². The molecular weight excluding hydrogens is 340 g/mol. The van der Waals surface area contributed by atoms with Crippen LogP contribution in [0.25, 0.3) is 0 Å². The predicted molar refractivity (Wildman–Crippen MR) is 105 cm³/mol. The Labute approximate surface area is 160 Å². The van der Waals surface area contributed by atoms with Crippen LogP contribution in [0.4, 0.5) is 11.6 Å². The van der Waals surface area contributed by atoms with E-state index in [0.717, 1.165) is 31.3 Å². The first-order valence-corrected chi connectivity index (χ1v) is 9.77. The molecule has 27 heavy (non-hydrogen) atoms. The maximum atomic E-state index is 12.5. The first-order chi connectivity index (χ1) is 13.2. The van der Waals surface area contributed by atoms with Crippen molar-refractivity contribution in [2.75, 3.05) is 42.5 Å². The van der Waals surface area contributed by atoms with Crippen molar-refractivity contribution in [2.45, 2.75) is 32.2 Å². The van der Waals surface area contributed by atoms with Crippen LogP contribution in [0.3, 0.4) is 0 Å². The summed E-state index contributed by atoms with van der Waals surface area (Å²) in [5.74, 6) is 1.90. The molecule has 0 spiro atoms. The van der Waals surface area contributed by atoms with Gasteiger partial charge >= 0.3 is 0 Å². The molecule has 2 aromatic rings. The summed E-state index contributed by atoms with van der Waals surface area (Å²) in [6, 6.07) is 8.28. The summed E-state index contributed by atoms with van der Waals surface area (Å²) in [5, 5.41) is 8.94. The van der Waals surface area contributed by atoms with E-state index in [2.05, 4.69) is 44.0 Å². The normalized spacial score (nSPS) is 20.6. The van der Waals surface area contributed by atoms with Gasteiger partial charge in [-0.05, 0) is 50.5 Å². The second kappa shape index (κ2) is 7.90. The molecule has 142 valence electrons. The number of carbonyl (C=O) groups is 1. The van der Waals surface area contributed by atoms with Crippen molar-refractivity contribution in [3.05, 3.63) is 42.2 Å². The molecule has 1 atom stereocenters. The van der Waals surface area contributed by atoms with Crippen LogP contribution in [-0.2, 0) is 0 Å². The Bertz CT molecular complexity index is 758. The zero-order chi connectivity index (χ0) is 18.6. The molecule has 0 saturated carbocycles. The Morgan fingerprint density at radius 2 is 1.78 bits per heavy atom. The number of amides is 1. The van der Waals surface area contributed by atoms with Crippen LogP contribution in [-0.4, -0.2) is 64.8 Å². The van der Waals surface area contributed by atoms with E-state index in [4.69, 9.17) is 0 Å². The number of piperazine rings is 1. The van der Waals surface area contributed by atoms with Gasteiger partial charge < -0.3 is 14.7 Å². The van der Waals surface area contributed by atoms with Gasteiger partial charge in [-0.15, -0.1) is 10.2 Å². The van der Waals surface area contributed by atoms with Crippen LogP contribution in [0.1, 0.15) is 36.5 Å². The Kier molecular flexibility index (Phi) is 5.18. The maximum Gasteiger partial charge on any atom is 0.255 e. The molecule has 0 aliphatic carbocycles. The Morgan fingerprint density at radius 1 is 1.00 bits per heavy atom. The predicted octanol–water partition coefficient (Wildman–Crippen LogP) is 2.21.